The van der Waals surface area contributed by atoms with Crippen molar-refractivity contribution >= 4 is 22.8 Å². The number of carbonyl (C=O) groups is 1. The first-order valence-electron chi connectivity index (χ1n) is 13.1. The van der Waals surface area contributed by atoms with Gasteiger partial charge in [0.2, 0.25) is 5.91 Å². The molecule has 1 saturated carbocycles. The first-order valence-corrected chi connectivity index (χ1v) is 13.1. The largest absolute Gasteiger partial charge is 0.491 e. The van der Waals surface area contributed by atoms with Crippen molar-refractivity contribution in [1.29, 1.82) is 0 Å². The average molecular weight is 491 g/mol. The Hall–Kier alpha value is -3.17. The Morgan fingerprint density at radius 3 is 2.89 bits per heavy atom. The van der Waals surface area contributed by atoms with E-state index in [9.17, 15) is 4.79 Å². The van der Waals surface area contributed by atoms with E-state index >= 15 is 0 Å². The van der Waals surface area contributed by atoms with Crippen molar-refractivity contribution in [2.24, 2.45) is 11.7 Å². The second kappa shape index (κ2) is 9.71. The summed E-state index contributed by atoms with van der Waals surface area (Å²) in [5.74, 6) is 1.65. The quantitative estimate of drug-likeness (QED) is 0.497. The number of amides is 1. The number of nitrogen functional groups attached to an aromatic ring is 1. The van der Waals surface area contributed by atoms with Crippen LogP contribution in [0.3, 0.4) is 0 Å². The first-order chi connectivity index (χ1) is 17.6. The van der Waals surface area contributed by atoms with E-state index < -0.39 is 0 Å². The lowest BCUT2D eigenvalue weighted by Gasteiger charge is -2.39. The summed E-state index contributed by atoms with van der Waals surface area (Å²) in [5, 5.41) is 0.880. The van der Waals surface area contributed by atoms with Crippen LogP contribution in [0.4, 0.5) is 5.82 Å². The van der Waals surface area contributed by atoms with Gasteiger partial charge in [-0.05, 0) is 68.7 Å². The lowest BCUT2D eigenvalue weighted by molar-refractivity contribution is -0.122. The zero-order valence-electron chi connectivity index (χ0n) is 20.5. The Kier molecular flexibility index (Phi) is 6.27. The summed E-state index contributed by atoms with van der Waals surface area (Å²) in [6.07, 6.45) is 10.0. The van der Waals surface area contributed by atoms with Crippen molar-refractivity contribution in [3.8, 4) is 16.9 Å². The molecule has 1 amide bonds. The molecule has 2 aliphatic heterocycles. The van der Waals surface area contributed by atoms with Crippen molar-refractivity contribution in [3.63, 3.8) is 0 Å². The van der Waals surface area contributed by atoms with Gasteiger partial charge in [-0.15, -0.1) is 0 Å². The maximum absolute atomic E-state index is 11.8. The van der Waals surface area contributed by atoms with Crippen LogP contribution in [0.2, 0.25) is 0 Å². The molecule has 4 N–H and O–H groups in total. The Bertz CT molecular complexity index is 1250. The zero-order chi connectivity index (χ0) is 24.6. The van der Waals surface area contributed by atoms with Gasteiger partial charge in [0.05, 0.1) is 17.5 Å². The molecule has 2 saturated heterocycles. The highest BCUT2D eigenvalue weighted by molar-refractivity contribution is 6.00. The lowest BCUT2D eigenvalue weighted by atomic mass is 9.79. The van der Waals surface area contributed by atoms with Gasteiger partial charge >= 0.3 is 0 Å². The SMILES string of the molecule is NC(=O)[C@@H]1CCCN1C[C@H]1C[C@H](n2cc(-c3cccc(OCC4CCCO4)c3)c3c(N)ncnc32)C1. The number of hydrogen-bond donors (Lipinski definition) is 2. The highest BCUT2D eigenvalue weighted by atomic mass is 16.5. The molecule has 3 fully saturated rings. The van der Waals surface area contributed by atoms with Gasteiger partial charge in [-0.3, -0.25) is 9.69 Å². The Balaban J connectivity index is 1.21. The second-order valence-electron chi connectivity index (χ2n) is 10.4. The van der Waals surface area contributed by atoms with Gasteiger partial charge in [0, 0.05) is 31.0 Å². The van der Waals surface area contributed by atoms with E-state index in [1.165, 1.54) is 6.33 Å². The Morgan fingerprint density at radius 1 is 1.19 bits per heavy atom. The summed E-state index contributed by atoms with van der Waals surface area (Å²) >= 11 is 0. The molecule has 1 aromatic carbocycles. The number of primary amides is 1. The molecule has 2 atom stereocenters. The molecule has 4 heterocycles. The van der Waals surface area contributed by atoms with Gasteiger partial charge < -0.3 is 25.5 Å². The van der Waals surface area contributed by atoms with Gasteiger partial charge in [0.25, 0.3) is 0 Å². The molecule has 9 nitrogen and oxygen atoms in total. The summed E-state index contributed by atoms with van der Waals surface area (Å²) in [7, 11) is 0. The van der Waals surface area contributed by atoms with Crippen LogP contribution in [0.1, 0.15) is 44.6 Å². The number of hydrogen-bond acceptors (Lipinski definition) is 7. The molecular weight excluding hydrogens is 456 g/mol. The Morgan fingerprint density at radius 2 is 2.08 bits per heavy atom. The molecule has 3 aliphatic rings. The van der Waals surface area contributed by atoms with Crippen LogP contribution in [0, 0.1) is 5.92 Å². The minimum absolute atomic E-state index is 0.106. The predicted octanol–water partition coefficient (Wildman–Crippen LogP) is 3.14. The van der Waals surface area contributed by atoms with Crippen molar-refractivity contribution in [1.82, 2.24) is 19.4 Å². The van der Waals surface area contributed by atoms with Gasteiger partial charge in [0.15, 0.2) is 0 Å². The Labute approximate surface area is 210 Å². The van der Waals surface area contributed by atoms with E-state index in [0.29, 0.717) is 24.4 Å². The minimum atomic E-state index is -0.196. The predicted molar refractivity (Wildman–Crippen MR) is 137 cm³/mol. The molecule has 190 valence electrons. The number of anilines is 1. The zero-order valence-corrected chi connectivity index (χ0v) is 20.5. The third-order valence-corrected chi connectivity index (χ3v) is 8.03. The van der Waals surface area contributed by atoms with Gasteiger partial charge in [-0.1, -0.05) is 12.1 Å². The molecule has 1 aliphatic carbocycles. The fraction of sp³-hybridized carbons (Fsp3) is 0.519. The van der Waals surface area contributed by atoms with Gasteiger partial charge in [-0.2, -0.15) is 0 Å². The normalized spacial score (nSPS) is 26.3. The minimum Gasteiger partial charge on any atom is -0.491 e. The molecule has 3 aromatic rings. The number of nitrogens with zero attached hydrogens (tertiary/aromatic N) is 4. The van der Waals surface area contributed by atoms with E-state index in [0.717, 1.165) is 86.1 Å². The number of nitrogens with two attached hydrogens (primary N) is 2. The van der Waals surface area contributed by atoms with Crippen LogP contribution in [0.25, 0.3) is 22.2 Å². The van der Waals surface area contributed by atoms with Crippen LogP contribution in [-0.4, -0.2) is 63.8 Å². The summed E-state index contributed by atoms with van der Waals surface area (Å²) in [4.78, 5) is 22.9. The van der Waals surface area contributed by atoms with Crippen molar-refractivity contribution in [2.75, 3.05) is 32.0 Å². The lowest BCUT2D eigenvalue weighted by Crippen LogP contribution is -2.44. The topological polar surface area (TPSA) is 122 Å². The molecule has 6 rings (SSSR count). The fourth-order valence-electron chi connectivity index (χ4n) is 6.10. The van der Waals surface area contributed by atoms with Crippen LogP contribution in [0.5, 0.6) is 5.75 Å². The van der Waals surface area contributed by atoms with Crippen molar-refractivity contribution < 1.29 is 14.3 Å². The molecule has 0 bridgehead atoms. The van der Waals surface area contributed by atoms with Gasteiger partial charge in [0.1, 0.15) is 30.1 Å². The molecule has 36 heavy (non-hydrogen) atoms. The molecule has 9 heteroatoms. The third-order valence-electron chi connectivity index (χ3n) is 8.03. The number of rotatable bonds is 8. The van der Waals surface area contributed by atoms with Crippen LogP contribution >= 0.6 is 0 Å². The summed E-state index contributed by atoms with van der Waals surface area (Å²) in [6.45, 7) is 3.27. The van der Waals surface area contributed by atoms with E-state index in [1.54, 1.807) is 0 Å². The van der Waals surface area contributed by atoms with E-state index in [-0.39, 0.29) is 18.1 Å². The second-order valence-corrected chi connectivity index (χ2v) is 10.4. The average Bonchev–Trinajstić information content (AvgIpc) is 3.60. The molecule has 0 radical (unpaired) electrons. The summed E-state index contributed by atoms with van der Waals surface area (Å²) < 4.78 is 14.0. The number of likely N-dealkylation sites (tertiary alicyclic amines) is 1. The number of carbonyl (C=O) groups excluding carboxylic acids is 1. The maximum Gasteiger partial charge on any atom is 0.234 e. The fourth-order valence-corrected chi connectivity index (χ4v) is 6.10. The number of benzene rings is 1. The van der Waals surface area contributed by atoms with Crippen LogP contribution in [-0.2, 0) is 9.53 Å². The molecular formula is C27H34N6O3. The highest BCUT2D eigenvalue weighted by Gasteiger charge is 2.37. The van der Waals surface area contributed by atoms with Crippen LogP contribution in [0.15, 0.2) is 36.8 Å². The molecule has 2 aromatic heterocycles. The molecule has 1 unspecified atom stereocenters. The number of aromatic nitrogens is 3. The smallest absolute Gasteiger partial charge is 0.234 e. The number of fused-ring (bicyclic) bond motifs is 1. The first kappa shape index (κ1) is 23.2. The molecule has 0 spiro atoms. The van der Waals surface area contributed by atoms with E-state index in [1.807, 2.05) is 12.1 Å². The van der Waals surface area contributed by atoms with Crippen molar-refractivity contribution in [2.45, 2.75) is 56.7 Å². The summed E-state index contributed by atoms with van der Waals surface area (Å²) in [6, 6.07) is 8.35. The number of ether oxygens (including phenoxy) is 2. The van der Waals surface area contributed by atoms with E-state index in [2.05, 4.69) is 37.8 Å². The maximum atomic E-state index is 11.8. The van der Waals surface area contributed by atoms with Crippen LogP contribution < -0.4 is 16.2 Å². The highest BCUT2D eigenvalue weighted by Crippen LogP contribution is 2.44. The van der Waals surface area contributed by atoms with Gasteiger partial charge in [-0.25, -0.2) is 9.97 Å². The van der Waals surface area contributed by atoms with Crippen molar-refractivity contribution in [3.05, 3.63) is 36.8 Å². The monoisotopic (exact) mass is 490 g/mol. The third kappa shape index (κ3) is 4.41. The van der Waals surface area contributed by atoms with E-state index in [4.69, 9.17) is 20.9 Å². The standard InChI is InChI=1S/C27H34N6O3/c28-25-24-22(18-4-1-5-20(12-18)36-15-21-6-3-9-35-21)14-33(27(24)31-16-30-25)19-10-17(11-19)13-32-8-2-7-23(32)26(29)34/h1,4-5,12,14,16-17,19,21,23H,2-3,6-11,13,15H2,(H2,29,34)(H2,28,30,31)/t17-,19-,21?,23-/m0/s1. The summed E-state index contributed by atoms with van der Waals surface area (Å²) in [5.41, 5.74) is 14.9.